The Balaban J connectivity index is 2.23. The molecule has 2 aromatic rings. The maximum atomic E-state index is 12.8. The lowest BCUT2D eigenvalue weighted by Crippen LogP contribution is -2.02. The van der Waals surface area contributed by atoms with Crippen molar-refractivity contribution in [3.8, 4) is 5.88 Å². The van der Waals surface area contributed by atoms with Gasteiger partial charge in [-0.25, -0.2) is 9.37 Å². The zero-order chi connectivity index (χ0) is 13.0. The van der Waals surface area contributed by atoms with E-state index in [2.05, 4.69) is 9.97 Å². The molecule has 0 saturated carbocycles. The first-order chi connectivity index (χ1) is 8.70. The molecule has 0 radical (unpaired) electrons. The van der Waals surface area contributed by atoms with Gasteiger partial charge >= 0.3 is 0 Å². The minimum atomic E-state index is -0.273. The monoisotopic (exact) mass is 265 g/mol. The molecule has 2 N–H and O–H groups in total. The second-order valence-electron chi connectivity index (χ2n) is 3.39. The highest BCUT2D eigenvalue weighted by atomic mass is 32.2. The molecule has 1 aromatic heterocycles. The number of halogens is 1. The average Bonchev–Trinajstić information content (AvgIpc) is 2.37. The van der Waals surface area contributed by atoms with Crippen molar-refractivity contribution >= 4 is 17.4 Å². The molecule has 4 nitrogen and oxygen atoms in total. The van der Waals surface area contributed by atoms with E-state index in [9.17, 15) is 4.39 Å². The minimum absolute atomic E-state index is 0.273. The third kappa shape index (κ3) is 2.89. The van der Waals surface area contributed by atoms with Gasteiger partial charge in [-0.15, -0.1) is 0 Å². The first-order valence-electron chi connectivity index (χ1n) is 5.37. The zero-order valence-electron chi connectivity index (χ0n) is 9.76. The molecule has 1 heterocycles. The fraction of sp³-hybridized carbons (Fsp3) is 0.167. The van der Waals surface area contributed by atoms with Gasteiger partial charge in [0.15, 0.2) is 0 Å². The van der Waals surface area contributed by atoms with Crippen LogP contribution in [0.5, 0.6) is 5.88 Å². The number of nitrogens with zero attached hydrogens (tertiary/aromatic N) is 2. The van der Waals surface area contributed by atoms with Gasteiger partial charge in [-0.1, -0.05) is 11.8 Å². The molecule has 0 spiro atoms. The summed E-state index contributed by atoms with van der Waals surface area (Å²) in [6.07, 6.45) is 1.40. The van der Waals surface area contributed by atoms with Gasteiger partial charge in [0.05, 0.1) is 6.61 Å². The van der Waals surface area contributed by atoms with Crippen molar-refractivity contribution in [3.05, 3.63) is 36.4 Å². The lowest BCUT2D eigenvalue weighted by Gasteiger charge is -2.08. The summed E-state index contributed by atoms with van der Waals surface area (Å²) in [7, 11) is 0. The molecule has 0 aliphatic rings. The van der Waals surface area contributed by atoms with Crippen molar-refractivity contribution in [1.82, 2.24) is 9.97 Å². The van der Waals surface area contributed by atoms with E-state index < -0.39 is 0 Å². The summed E-state index contributed by atoms with van der Waals surface area (Å²) < 4.78 is 18.1. The maximum Gasteiger partial charge on any atom is 0.241 e. The Morgan fingerprint density at radius 2 is 2.00 bits per heavy atom. The summed E-state index contributed by atoms with van der Waals surface area (Å²) in [5.41, 5.74) is 6.30. The van der Waals surface area contributed by atoms with Crippen molar-refractivity contribution in [2.75, 3.05) is 12.3 Å². The lowest BCUT2D eigenvalue weighted by molar-refractivity contribution is 0.327. The van der Waals surface area contributed by atoms with Crippen LogP contribution < -0.4 is 10.5 Å². The van der Waals surface area contributed by atoms with Crippen molar-refractivity contribution in [2.24, 2.45) is 0 Å². The van der Waals surface area contributed by atoms with Crippen LogP contribution in [0.2, 0.25) is 0 Å². The maximum absolute atomic E-state index is 12.8. The average molecular weight is 265 g/mol. The van der Waals surface area contributed by atoms with Gasteiger partial charge in [0, 0.05) is 4.90 Å². The van der Waals surface area contributed by atoms with E-state index in [1.54, 1.807) is 12.1 Å². The van der Waals surface area contributed by atoms with Gasteiger partial charge in [0.2, 0.25) is 5.88 Å². The fourth-order valence-electron chi connectivity index (χ4n) is 1.31. The molecule has 0 fully saturated rings. The molecule has 0 amide bonds. The summed E-state index contributed by atoms with van der Waals surface area (Å²) in [6, 6.07) is 6.12. The van der Waals surface area contributed by atoms with Crippen LogP contribution in [0.15, 0.2) is 40.5 Å². The highest BCUT2D eigenvalue weighted by Crippen LogP contribution is 2.33. The van der Waals surface area contributed by atoms with E-state index in [1.165, 1.54) is 30.2 Å². The molecular weight excluding hydrogens is 253 g/mol. The van der Waals surface area contributed by atoms with Gasteiger partial charge in [0.1, 0.15) is 22.9 Å². The van der Waals surface area contributed by atoms with E-state index in [1.807, 2.05) is 6.92 Å². The molecule has 0 saturated heterocycles. The van der Waals surface area contributed by atoms with Gasteiger partial charge in [-0.05, 0) is 31.2 Å². The number of ether oxygens (including phenoxy) is 1. The van der Waals surface area contributed by atoms with Gasteiger partial charge in [0.25, 0.3) is 0 Å². The van der Waals surface area contributed by atoms with Crippen LogP contribution in [-0.4, -0.2) is 16.6 Å². The second-order valence-corrected chi connectivity index (χ2v) is 4.45. The van der Waals surface area contributed by atoms with Crippen molar-refractivity contribution in [3.63, 3.8) is 0 Å². The van der Waals surface area contributed by atoms with Crippen LogP contribution in [0.4, 0.5) is 10.1 Å². The number of rotatable bonds is 4. The number of hydrogen-bond donors (Lipinski definition) is 1. The van der Waals surface area contributed by atoms with Crippen LogP contribution in [0, 0.1) is 5.82 Å². The molecule has 6 heteroatoms. The topological polar surface area (TPSA) is 61.0 Å². The van der Waals surface area contributed by atoms with E-state index in [-0.39, 0.29) is 5.82 Å². The summed E-state index contributed by atoms with van der Waals surface area (Å²) in [5, 5.41) is 0.597. The first-order valence-corrected chi connectivity index (χ1v) is 6.19. The molecule has 0 unspecified atom stereocenters. The third-order valence-corrected chi connectivity index (χ3v) is 3.15. The normalized spacial score (nSPS) is 10.3. The highest BCUT2D eigenvalue weighted by Gasteiger charge is 2.10. The molecule has 0 atom stereocenters. The Bertz CT molecular complexity index is 533. The van der Waals surface area contributed by atoms with Crippen LogP contribution in [0.25, 0.3) is 0 Å². The number of nitrogens with two attached hydrogens (primary N) is 1. The quantitative estimate of drug-likeness (QED) is 0.861. The molecule has 18 heavy (non-hydrogen) atoms. The standard InChI is InChI=1S/C12H12FN3OS/c1-2-17-11-10(14)12(16-7-15-11)18-9-5-3-8(13)4-6-9/h3-7H,2,14H2,1H3. The van der Waals surface area contributed by atoms with E-state index >= 15 is 0 Å². The molecular formula is C12H12FN3OS. The largest absolute Gasteiger partial charge is 0.476 e. The van der Waals surface area contributed by atoms with Gasteiger partial charge < -0.3 is 10.5 Å². The summed E-state index contributed by atoms with van der Waals surface area (Å²) in [4.78, 5) is 8.90. The van der Waals surface area contributed by atoms with Gasteiger partial charge in [-0.3, -0.25) is 0 Å². The van der Waals surface area contributed by atoms with E-state index in [0.717, 1.165) is 4.90 Å². The first kappa shape index (κ1) is 12.6. The number of nitrogen functional groups attached to an aromatic ring is 1. The lowest BCUT2D eigenvalue weighted by atomic mass is 10.4. The third-order valence-electron chi connectivity index (χ3n) is 2.12. The fourth-order valence-corrected chi connectivity index (χ4v) is 2.10. The van der Waals surface area contributed by atoms with Crippen LogP contribution in [0.1, 0.15) is 6.92 Å². The predicted molar refractivity (Wildman–Crippen MR) is 68.1 cm³/mol. The van der Waals surface area contributed by atoms with Crippen LogP contribution in [0.3, 0.4) is 0 Å². The summed E-state index contributed by atoms with van der Waals surface area (Å²) in [5.74, 6) is 0.0992. The smallest absolute Gasteiger partial charge is 0.241 e. The van der Waals surface area contributed by atoms with Gasteiger partial charge in [-0.2, -0.15) is 4.98 Å². The zero-order valence-corrected chi connectivity index (χ0v) is 10.6. The molecule has 0 aliphatic heterocycles. The molecule has 94 valence electrons. The van der Waals surface area contributed by atoms with E-state index in [4.69, 9.17) is 10.5 Å². The van der Waals surface area contributed by atoms with Crippen molar-refractivity contribution in [2.45, 2.75) is 16.8 Å². The number of anilines is 1. The molecule has 0 bridgehead atoms. The summed E-state index contributed by atoms with van der Waals surface area (Å²) in [6.45, 7) is 2.34. The van der Waals surface area contributed by atoms with Crippen molar-refractivity contribution < 1.29 is 9.13 Å². The Morgan fingerprint density at radius 3 is 2.67 bits per heavy atom. The highest BCUT2D eigenvalue weighted by molar-refractivity contribution is 7.99. The van der Waals surface area contributed by atoms with Crippen LogP contribution in [-0.2, 0) is 0 Å². The second kappa shape index (κ2) is 5.68. The van der Waals surface area contributed by atoms with Crippen LogP contribution >= 0.6 is 11.8 Å². The number of aromatic nitrogens is 2. The predicted octanol–water partition coefficient (Wildman–Crippen LogP) is 2.75. The Hall–Kier alpha value is -1.82. The number of hydrogen-bond acceptors (Lipinski definition) is 5. The Morgan fingerprint density at radius 1 is 1.28 bits per heavy atom. The molecule has 2 rings (SSSR count). The van der Waals surface area contributed by atoms with E-state index in [0.29, 0.717) is 23.2 Å². The molecule has 0 aliphatic carbocycles. The molecule has 1 aromatic carbocycles. The Kier molecular flexibility index (Phi) is 3.99. The number of benzene rings is 1. The SMILES string of the molecule is CCOc1ncnc(Sc2ccc(F)cc2)c1N. The Labute approximate surface area is 108 Å². The van der Waals surface area contributed by atoms with Crippen molar-refractivity contribution in [1.29, 1.82) is 0 Å². The summed E-state index contributed by atoms with van der Waals surface area (Å²) >= 11 is 1.34. The minimum Gasteiger partial charge on any atom is -0.476 e.